The van der Waals surface area contributed by atoms with Gasteiger partial charge in [-0.3, -0.25) is 4.79 Å². The summed E-state index contributed by atoms with van der Waals surface area (Å²) in [6.07, 6.45) is 18.5. The van der Waals surface area contributed by atoms with Gasteiger partial charge in [-0.2, -0.15) is 0 Å². The zero-order chi connectivity index (χ0) is 32.3. The van der Waals surface area contributed by atoms with Crippen LogP contribution in [0.15, 0.2) is 11.6 Å². The van der Waals surface area contributed by atoms with Gasteiger partial charge in [0.15, 0.2) is 0 Å². The van der Waals surface area contributed by atoms with Crippen LogP contribution in [0.3, 0.4) is 0 Å². The van der Waals surface area contributed by atoms with E-state index >= 15 is 0 Å². The number of carbonyl (C=O) groups is 2. The average molecular weight is 614 g/mol. The molecule has 0 radical (unpaired) electrons. The van der Waals surface area contributed by atoms with Crippen LogP contribution >= 0.6 is 0 Å². The van der Waals surface area contributed by atoms with Gasteiger partial charge in [-0.15, -0.1) is 0 Å². The van der Waals surface area contributed by atoms with Gasteiger partial charge in [0.05, 0.1) is 6.61 Å². The van der Waals surface area contributed by atoms with Crippen LogP contribution in [-0.2, 0) is 14.3 Å². The Hall–Kier alpha value is -1.52. The second kappa shape index (κ2) is 14.5. The molecule has 4 unspecified atom stereocenters. The van der Waals surface area contributed by atoms with E-state index < -0.39 is 5.60 Å². The van der Waals surface area contributed by atoms with E-state index in [0.717, 1.165) is 67.6 Å². The summed E-state index contributed by atoms with van der Waals surface area (Å²) in [6, 6.07) is 0.166. The average Bonchev–Trinajstić information content (AvgIpc) is 3.29. The number of fused-ring (bicyclic) bond motifs is 5. The summed E-state index contributed by atoms with van der Waals surface area (Å²) in [7, 11) is 0. The monoisotopic (exact) mass is 614 g/mol. The summed E-state index contributed by atoms with van der Waals surface area (Å²) >= 11 is 0. The van der Waals surface area contributed by atoms with Gasteiger partial charge < -0.3 is 14.4 Å². The fourth-order valence-corrected chi connectivity index (χ4v) is 10.5. The maximum Gasteiger partial charge on any atom is 0.410 e. The number of amides is 1. The van der Waals surface area contributed by atoms with Crippen molar-refractivity contribution in [1.29, 1.82) is 0 Å². The molecule has 5 nitrogen and oxygen atoms in total. The molecule has 5 heteroatoms. The highest BCUT2D eigenvalue weighted by atomic mass is 16.6. The first kappa shape index (κ1) is 35.3. The van der Waals surface area contributed by atoms with E-state index in [1.54, 1.807) is 5.57 Å². The Labute approximate surface area is 270 Å². The van der Waals surface area contributed by atoms with Gasteiger partial charge in [0.2, 0.25) is 0 Å². The molecule has 3 saturated carbocycles. The van der Waals surface area contributed by atoms with Gasteiger partial charge in [-0.05, 0) is 138 Å². The number of rotatable bonds is 12. The van der Waals surface area contributed by atoms with Gasteiger partial charge in [0.1, 0.15) is 5.60 Å². The Morgan fingerprint density at radius 3 is 2.41 bits per heavy atom. The lowest BCUT2D eigenvalue weighted by molar-refractivity contribution is -0.143. The van der Waals surface area contributed by atoms with Crippen LogP contribution in [0, 0.1) is 46.3 Å². The first-order valence-corrected chi connectivity index (χ1v) is 18.5. The Kier molecular flexibility index (Phi) is 11.6. The van der Waals surface area contributed by atoms with Crippen molar-refractivity contribution in [2.45, 2.75) is 164 Å². The first-order valence-electron chi connectivity index (χ1n) is 18.5. The molecular weight excluding hydrogens is 546 g/mol. The molecule has 0 bridgehead atoms. The maximum atomic E-state index is 13.5. The molecule has 8 atom stereocenters. The lowest BCUT2D eigenvalue weighted by atomic mass is 9.46. The molecule has 252 valence electrons. The van der Waals surface area contributed by atoms with E-state index in [9.17, 15) is 9.59 Å². The molecule has 4 aliphatic carbocycles. The third kappa shape index (κ3) is 7.88. The van der Waals surface area contributed by atoms with Gasteiger partial charge in [0.25, 0.3) is 0 Å². The largest absolute Gasteiger partial charge is 0.466 e. The first-order chi connectivity index (χ1) is 20.7. The minimum atomic E-state index is -0.527. The Morgan fingerprint density at radius 1 is 0.977 bits per heavy atom. The van der Waals surface area contributed by atoms with Crippen LogP contribution in [-0.4, -0.2) is 41.8 Å². The lowest BCUT2D eigenvalue weighted by Crippen LogP contribution is -2.53. The van der Waals surface area contributed by atoms with E-state index in [0.29, 0.717) is 25.0 Å². The van der Waals surface area contributed by atoms with E-state index in [-0.39, 0.29) is 23.5 Å². The van der Waals surface area contributed by atoms with Gasteiger partial charge >= 0.3 is 12.1 Å². The Morgan fingerprint density at radius 2 is 1.73 bits per heavy atom. The minimum Gasteiger partial charge on any atom is -0.466 e. The van der Waals surface area contributed by atoms with E-state index in [1.807, 2.05) is 32.6 Å². The molecule has 0 aromatic heterocycles. The predicted octanol–water partition coefficient (Wildman–Crippen LogP) is 10.4. The number of hydrogen-bond acceptors (Lipinski definition) is 4. The zero-order valence-corrected chi connectivity index (χ0v) is 30.0. The second-order valence-corrected chi connectivity index (χ2v) is 17.1. The van der Waals surface area contributed by atoms with Crippen LogP contribution in [0.4, 0.5) is 4.79 Å². The van der Waals surface area contributed by atoms with Crippen molar-refractivity contribution in [3.8, 4) is 0 Å². The summed E-state index contributed by atoms with van der Waals surface area (Å²) in [5.74, 6) is 4.86. The molecular formula is C39H67NO4. The molecule has 1 amide bonds. The van der Waals surface area contributed by atoms with Crippen molar-refractivity contribution in [3.05, 3.63) is 11.6 Å². The summed E-state index contributed by atoms with van der Waals surface area (Å²) in [6.45, 7) is 21.3. The number of ether oxygens (including phenoxy) is 2. The van der Waals surface area contributed by atoms with Crippen molar-refractivity contribution in [2.75, 3.05) is 13.2 Å². The van der Waals surface area contributed by atoms with Gasteiger partial charge in [0, 0.05) is 19.0 Å². The molecule has 3 fully saturated rings. The SMILES string of the molecule is CCOC(=O)CCCCN(C(=O)OC(C)(C)C)[C@H]1CC[C@@]2(C)C(=CCC3C2CC[C@@]2(C)C3CC[C@@H]2C(C)CCCC(C)C)C1. The highest BCUT2D eigenvalue weighted by Crippen LogP contribution is 2.67. The van der Waals surface area contributed by atoms with Crippen LogP contribution in [0.25, 0.3) is 0 Å². The fraction of sp³-hybridized carbons (Fsp3) is 0.897. The molecule has 4 rings (SSSR count). The van der Waals surface area contributed by atoms with Crippen molar-refractivity contribution < 1.29 is 19.1 Å². The number of hydrogen-bond donors (Lipinski definition) is 0. The number of esters is 1. The highest BCUT2D eigenvalue weighted by molar-refractivity contribution is 5.69. The molecule has 0 spiro atoms. The number of unbranched alkanes of at least 4 members (excludes halogenated alkanes) is 1. The van der Waals surface area contributed by atoms with Crippen molar-refractivity contribution in [1.82, 2.24) is 4.90 Å². The minimum absolute atomic E-state index is 0.149. The summed E-state index contributed by atoms with van der Waals surface area (Å²) in [4.78, 5) is 27.4. The van der Waals surface area contributed by atoms with E-state index in [4.69, 9.17) is 9.47 Å². The van der Waals surface area contributed by atoms with Crippen molar-refractivity contribution >= 4 is 12.1 Å². The molecule has 0 aliphatic heterocycles. The highest BCUT2D eigenvalue weighted by Gasteiger charge is 2.59. The standard InChI is InChI=1S/C39H67NO4/c1-10-43-35(41)16-11-12-25-40(36(42)44-37(5,6)7)30-21-23-38(8)29(26-30)17-18-31-33-20-19-32(28(4)15-13-14-27(2)3)39(33,9)24-22-34(31)38/h17,27-28,30-34H,10-16,18-26H2,1-9H3/t28?,30-,31?,32+,33?,34?,38-,39+/m0/s1. The third-order valence-electron chi connectivity index (χ3n) is 12.7. The molecule has 0 heterocycles. The Balaban J connectivity index is 1.44. The number of carbonyl (C=O) groups excluding carboxylic acids is 2. The molecule has 44 heavy (non-hydrogen) atoms. The predicted molar refractivity (Wildman–Crippen MR) is 180 cm³/mol. The molecule has 4 aliphatic rings. The molecule has 0 N–H and O–H groups in total. The van der Waals surface area contributed by atoms with Gasteiger partial charge in [-0.1, -0.05) is 65.5 Å². The van der Waals surface area contributed by atoms with Crippen LogP contribution < -0.4 is 0 Å². The van der Waals surface area contributed by atoms with Gasteiger partial charge in [-0.25, -0.2) is 4.79 Å². The van der Waals surface area contributed by atoms with E-state index in [1.165, 1.54) is 51.4 Å². The second-order valence-electron chi connectivity index (χ2n) is 17.1. The van der Waals surface area contributed by atoms with Crippen LogP contribution in [0.1, 0.15) is 152 Å². The molecule has 0 aromatic rings. The smallest absolute Gasteiger partial charge is 0.410 e. The molecule has 0 saturated heterocycles. The fourth-order valence-electron chi connectivity index (χ4n) is 10.5. The van der Waals surface area contributed by atoms with Crippen molar-refractivity contribution in [2.24, 2.45) is 46.3 Å². The maximum absolute atomic E-state index is 13.5. The van der Waals surface area contributed by atoms with Crippen LogP contribution in [0.2, 0.25) is 0 Å². The topological polar surface area (TPSA) is 55.8 Å². The zero-order valence-electron chi connectivity index (χ0n) is 30.0. The van der Waals surface area contributed by atoms with E-state index in [2.05, 4.69) is 40.7 Å². The van der Waals surface area contributed by atoms with Crippen LogP contribution in [0.5, 0.6) is 0 Å². The summed E-state index contributed by atoms with van der Waals surface area (Å²) < 4.78 is 11.0. The number of nitrogens with zero attached hydrogens (tertiary/aromatic N) is 1. The normalized spacial score (nSPS) is 34.0. The third-order valence-corrected chi connectivity index (χ3v) is 12.7. The van der Waals surface area contributed by atoms with Crippen molar-refractivity contribution in [3.63, 3.8) is 0 Å². The summed E-state index contributed by atoms with van der Waals surface area (Å²) in [5.41, 5.74) is 1.84. The molecule has 0 aromatic carbocycles. The number of allylic oxidation sites excluding steroid dienone is 1. The quantitative estimate of drug-likeness (QED) is 0.125. The summed E-state index contributed by atoms with van der Waals surface area (Å²) in [5, 5.41) is 0. The Bertz CT molecular complexity index is 1010. The lowest BCUT2D eigenvalue weighted by Gasteiger charge is -2.59.